The van der Waals surface area contributed by atoms with Crippen molar-refractivity contribution in [2.75, 3.05) is 0 Å². The monoisotopic (exact) mass is 260 g/mol. The van der Waals surface area contributed by atoms with E-state index in [1.807, 2.05) is 0 Å². The van der Waals surface area contributed by atoms with Gasteiger partial charge in [0.2, 0.25) is 0 Å². The summed E-state index contributed by atoms with van der Waals surface area (Å²) < 4.78 is 2.28. The van der Waals surface area contributed by atoms with Gasteiger partial charge in [-0.2, -0.15) is 5.26 Å². The molecule has 0 saturated heterocycles. The second-order valence-corrected chi connectivity index (χ2v) is 6.64. The molecule has 0 atom stereocenters. The van der Waals surface area contributed by atoms with Crippen LogP contribution < -0.4 is 0 Å². The lowest BCUT2D eigenvalue weighted by atomic mass is 9.74. The van der Waals surface area contributed by atoms with Gasteiger partial charge in [0.05, 0.1) is 6.07 Å². The number of hydrogen-bond acceptors (Lipinski definition) is 1. The predicted octanol–water partition coefficient (Wildman–Crippen LogP) is 4.90. The molecule has 0 radical (unpaired) electrons. The second kappa shape index (κ2) is 6.28. The highest BCUT2D eigenvalue weighted by atomic mass is 15.0. The Hall–Kier alpha value is -1.23. The first-order valence-electron chi connectivity index (χ1n) is 7.41. The minimum atomic E-state index is 0.145. The van der Waals surface area contributed by atoms with Crippen molar-refractivity contribution in [1.29, 1.82) is 5.26 Å². The molecule has 106 valence electrons. The van der Waals surface area contributed by atoms with Crippen molar-refractivity contribution in [1.82, 2.24) is 4.57 Å². The highest BCUT2D eigenvalue weighted by Crippen LogP contribution is 2.36. The van der Waals surface area contributed by atoms with Crippen LogP contribution >= 0.6 is 0 Å². The Morgan fingerprint density at radius 3 is 2.26 bits per heavy atom. The Morgan fingerprint density at radius 2 is 1.84 bits per heavy atom. The number of rotatable bonds is 6. The van der Waals surface area contributed by atoms with Crippen LogP contribution in [0.4, 0.5) is 0 Å². The van der Waals surface area contributed by atoms with Gasteiger partial charge in [0, 0.05) is 24.4 Å². The summed E-state index contributed by atoms with van der Waals surface area (Å²) in [6.07, 6.45) is 9.50. The maximum absolute atomic E-state index is 8.84. The van der Waals surface area contributed by atoms with Crippen LogP contribution in [0, 0.1) is 16.7 Å². The number of aromatic nitrogens is 1. The molecule has 1 aromatic rings. The minimum absolute atomic E-state index is 0.145. The lowest BCUT2D eigenvalue weighted by molar-refractivity contribution is 0.240. The standard InChI is InChI=1S/C17H28N2/c1-6-17(7-2,10-8-11-18)13-15-9-12-19(14-15)16(3,4)5/h9,12,14H,6-8,10,13H2,1-5H3. The molecule has 19 heavy (non-hydrogen) atoms. The molecule has 0 aromatic carbocycles. The summed E-state index contributed by atoms with van der Waals surface area (Å²) in [6.45, 7) is 11.2. The van der Waals surface area contributed by atoms with Crippen LogP contribution in [0.5, 0.6) is 0 Å². The largest absolute Gasteiger partial charge is 0.349 e. The van der Waals surface area contributed by atoms with Crippen LogP contribution in [-0.4, -0.2) is 4.57 Å². The van der Waals surface area contributed by atoms with E-state index in [2.05, 4.69) is 63.7 Å². The van der Waals surface area contributed by atoms with E-state index in [1.54, 1.807) is 0 Å². The Balaban J connectivity index is 2.85. The highest BCUT2D eigenvalue weighted by molar-refractivity contribution is 5.14. The summed E-state index contributed by atoms with van der Waals surface area (Å²) in [5.74, 6) is 0. The molecule has 0 bridgehead atoms. The molecule has 1 aromatic heterocycles. The fourth-order valence-corrected chi connectivity index (χ4v) is 2.66. The van der Waals surface area contributed by atoms with Gasteiger partial charge in [-0.15, -0.1) is 0 Å². The second-order valence-electron chi connectivity index (χ2n) is 6.64. The fraction of sp³-hybridized carbons (Fsp3) is 0.706. The van der Waals surface area contributed by atoms with E-state index >= 15 is 0 Å². The van der Waals surface area contributed by atoms with Crippen molar-refractivity contribution >= 4 is 0 Å². The fourth-order valence-electron chi connectivity index (χ4n) is 2.66. The molecule has 0 amide bonds. The van der Waals surface area contributed by atoms with Crippen LogP contribution in [0.2, 0.25) is 0 Å². The zero-order valence-electron chi connectivity index (χ0n) is 13.2. The predicted molar refractivity (Wildman–Crippen MR) is 81.0 cm³/mol. The molecule has 0 aliphatic rings. The first kappa shape index (κ1) is 15.8. The SMILES string of the molecule is CCC(CC)(CCC#N)Cc1ccn(C(C)(C)C)c1. The zero-order chi connectivity index (χ0) is 14.5. The van der Waals surface area contributed by atoms with E-state index in [0.29, 0.717) is 11.8 Å². The summed E-state index contributed by atoms with van der Waals surface area (Å²) in [4.78, 5) is 0. The molecule has 0 aliphatic carbocycles. The van der Waals surface area contributed by atoms with Crippen molar-refractivity contribution in [2.24, 2.45) is 5.41 Å². The van der Waals surface area contributed by atoms with E-state index in [9.17, 15) is 0 Å². The molecule has 0 N–H and O–H groups in total. The number of nitrogens with zero attached hydrogens (tertiary/aromatic N) is 2. The molecule has 0 aliphatic heterocycles. The molecular weight excluding hydrogens is 232 g/mol. The topological polar surface area (TPSA) is 28.7 Å². The van der Waals surface area contributed by atoms with Gasteiger partial charge >= 0.3 is 0 Å². The van der Waals surface area contributed by atoms with Crippen LogP contribution in [0.15, 0.2) is 18.5 Å². The Kier molecular flexibility index (Phi) is 5.23. The maximum Gasteiger partial charge on any atom is 0.0621 e. The molecule has 2 heteroatoms. The van der Waals surface area contributed by atoms with Crippen LogP contribution in [-0.2, 0) is 12.0 Å². The quantitative estimate of drug-likeness (QED) is 0.715. The molecule has 0 unspecified atom stereocenters. The smallest absolute Gasteiger partial charge is 0.0621 e. The van der Waals surface area contributed by atoms with E-state index in [4.69, 9.17) is 5.26 Å². The first-order valence-corrected chi connectivity index (χ1v) is 7.41. The third-order valence-corrected chi connectivity index (χ3v) is 4.37. The molecule has 0 saturated carbocycles. The number of nitriles is 1. The highest BCUT2D eigenvalue weighted by Gasteiger charge is 2.26. The van der Waals surface area contributed by atoms with E-state index in [0.717, 1.165) is 25.7 Å². The third-order valence-electron chi connectivity index (χ3n) is 4.37. The van der Waals surface area contributed by atoms with Gasteiger partial charge in [-0.05, 0) is 50.7 Å². The Labute approximate surface area is 118 Å². The molecular formula is C17H28N2. The zero-order valence-corrected chi connectivity index (χ0v) is 13.2. The summed E-state index contributed by atoms with van der Waals surface area (Å²) in [7, 11) is 0. The normalized spacial score (nSPS) is 12.4. The molecule has 2 nitrogen and oxygen atoms in total. The molecule has 0 fully saturated rings. The van der Waals surface area contributed by atoms with E-state index in [-0.39, 0.29) is 5.54 Å². The summed E-state index contributed by atoms with van der Waals surface area (Å²) in [6, 6.07) is 4.54. The minimum Gasteiger partial charge on any atom is -0.349 e. The van der Waals surface area contributed by atoms with Crippen LogP contribution in [0.25, 0.3) is 0 Å². The third kappa shape index (κ3) is 4.13. The van der Waals surface area contributed by atoms with Crippen molar-refractivity contribution in [3.8, 4) is 6.07 Å². The molecule has 1 rings (SSSR count). The van der Waals surface area contributed by atoms with Gasteiger partial charge in [0.15, 0.2) is 0 Å². The van der Waals surface area contributed by atoms with Crippen molar-refractivity contribution < 1.29 is 0 Å². The Morgan fingerprint density at radius 1 is 1.21 bits per heavy atom. The van der Waals surface area contributed by atoms with Crippen molar-refractivity contribution in [3.63, 3.8) is 0 Å². The van der Waals surface area contributed by atoms with Crippen molar-refractivity contribution in [3.05, 3.63) is 24.0 Å². The van der Waals surface area contributed by atoms with Gasteiger partial charge < -0.3 is 4.57 Å². The van der Waals surface area contributed by atoms with E-state index in [1.165, 1.54) is 5.56 Å². The summed E-state index contributed by atoms with van der Waals surface area (Å²) in [5.41, 5.74) is 1.84. The van der Waals surface area contributed by atoms with Crippen LogP contribution in [0.3, 0.4) is 0 Å². The lowest BCUT2D eigenvalue weighted by Crippen LogP contribution is -2.22. The van der Waals surface area contributed by atoms with Crippen LogP contribution in [0.1, 0.15) is 65.9 Å². The van der Waals surface area contributed by atoms with Gasteiger partial charge in [-0.1, -0.05) is 26.7 Å². The summed E-state index contributed by atoms with van der Waals surface area (Å²) in [5, 5.41) is 8.84. The van der Waals surface area contributed by atoms with Crippen molar-refractivity contribution in [2.45, 2.75) is 72.3 Å². The average Bonchev–Trinajstić information content (AvgIpc) is 2.83. The number of hydrogen-bond donors (Lipinski definition) is 0. The maximum atomic E-state index is 8.84. The summed E-state index contributed by atoms with van der Waals surface area (Å²) >= 11 is 0. The van der Waals surface area contributed by atoms with Gasteiger partial charge in [0.1, 0.15) is 0 Å². The average molecular weight is 260 g/mol. The first-order chi connectivity index (χ1) is 8.87. The molecule has 0 spiro atoms. The Bertz CT molecular complexity index is 425. The lowest BCUT2D eigenvalue weighted by Gasteiger charge is -2.31. The van der Waals surface area contributed by atoms with E-state index < -0.39 is 0 Å². The van der Waals surface area contributed by atoms with Gasteiger partial charge in [-0.25, -0.2) is 0 Å². The van der Waals surface area contributed by atoms with Gasteiger partial charge in [0.25, 0.3) is 0 Å². The van der Waals surface area contributed by atoms with Gasteiger partial charge in [-0.3, -0.25) is 0 Å². The molecule has 1 heterocycles.